The van der Waals surface area contributed by atoms with E-state index in [9.17, 15) is 0 Å². The van der Waals surface area contributed by atoms with Gasteiger partial charge in [0.15, 0.2) is 0 Å². The molecule has 2 heteroatoms. The van der Waals surface area contributed by atoms with E-state index in [1.807, 2.05) is 7.05 Å². The predicted molar refractivity (Wildman–Crippen MR) is 74.5 cm³/mol. The van der Waals surface area contributed by atoms with E-state index in [0.717, 1.165) is 5.92 Å². The summed E-state index contributed by atoms with van der Waals surface area (Å²) in [4.78, 5) is 2.49. The lowest BCUT2D eigenvalue weighted by Gasteiger charge is -2.41. The molecule has 2 rings (SSSR count). The second-order valence-electron chi connectivity index (χ2n) is 5.17. The van der Waals surface area contributed by atoms with E-state index < -0.39 is 0 Å². The van der Waals surface area contributed by atoms with Crippen LogP contribution in [-0.4, -0.2) is 20.1 Å². The Morgan fingerprint density at radius 3 is 2.82 bits per heavy atom. The maximum Gasteiger partial charge on any atom is 0.0369 e. The summed E-state index contributed by atoms with van der Waals surface area (Å²) in [7, 11) is 2.01. The Kier molecular flexibility index (Phi) is 4.06. The summed E-state index contributed by atoms with van der Waals surface area (Å²) in [5.41, 5.74) is 2.76. The fourth-order valence-electron chi connectivity index (χ4n) is 2.53. The first-order chi connectivity index (χ1) is 8.24. The van der Waals surface area contributed by atoms with Crippen molar-refractivity contribution < 1.29 is 0 Å². The number of anilines is 1. The van der Waals surface area contributed by atoms with Gasteiger partial charge < -0.3 is 10.2 Å². The lowest BCUT2D eigenvalue weighted by molar-refractivity contribution is 0.380. The fourth-order valence-corrected chi connectivity index (χ4v) is 2.53. The van der Waals surface area contributed by atoms with E-state index in [0.29, 0.717) is 6.04 Å². The minimum atomic E-state index is 0.433. The van der Waals surface area contributed by atoms with Crippen LogP contribution in [0.1, 0.15) is 38.3 Å². The summed E-state index contributed by atoms with van der Waals surface area (Å²) in [6.07, 6.45) is 2.69. The van der Waals surface area contributed by atoms with Gasteiger partial charge in [-0.05, 0) is 44.0 Å². The molecule has 0 aliphatic carbocycles. The SMILES string of the molecule is CCCC1CN(c2cccc(C(C)NC)c2)C1. The van der Waals surface area contributed by atoms with Crippen LogP contribution in [0.15, 0.2) is 24.3 Å². The largest absolute Gasteiger partial charge is 0.371 e. The van der Waals surface area contributed by atoms with Crippen LogP contribution >= 0.6 is 0 Å². The number of nitrogens with one attached hydrogen (secondary N) is 1. The Morgan fingerprint density at radius 2 is 2.18 bits per heavy atom. The van der Waals surface area contributed by atoms with Gasteiger partial charge in [-0.25, -0.2) is 0 Å². The first kappa shape index (κ1) is 12.4. The van der Waals surface area contributed by atoms with Crippen molar-refractivity contribution in [1.82, 2.24) is 5.32 Å². The first-order valence-electron chi connectivity index (χ1n) is 6.76. The van der Waals surface area contributed by atoms with E-state index in [1.54, 1.807) is 0 Å². The zero-order chi connectivity index (χ0) is 12.3. The second kappa shape index (κ2) is 5.54. The molecule has 0 saturated carbocycles. The van der Waals surface area contributed by atoms with Crippen molar-refractivity contribution in [2.45, 2.75) is 32.7 Å². The molecule has 2 nitrogen and oxygen atoms in total. The molecular weight excluding hydrogens is 208 g/mol. The molecule has 0 spiro atoms. The summed E-state index contributed by atoms with van der Waals surface area (Å²) in [6, 6.07) is 9.36. The van der Waals surface area contributed by atoms with Crippen LogP contribution < -0.4 is 10.2 Å². The molecule has 1 aromatic carbocycles. The van der Waals surface area contributed by atoms with Gasteiger partial charge in [-0.1, -0.05) is 25.5 Å². The van der Waals surface area contributed by atoms with Gasteiger partial charge in [-0.2, -0.15) is 0 Å². The molecule has 1 heterocycles. The Morgan fingerprint density at radius 1 is 1.41 bits per heavy atom. The molecule has 1 aromatic rings. The molecule has 94 valence electrons. The van der Waals surface area contributed by atoms with Crippen molar-refractivity contribution in [2.24, 2.45) is 5.92 Å². The van der Waals surface area contributed by atoms with Crippen LogP contribution in [-0.2, 0) is 0 Å². The molecule has 0 radical (unpaired) electrons. The molecule has 1 N–H and O–H groups in total. The lowest BCUT2D eigenvalue weighted by Crippen LogP contribution is -2.46. The lowest BCUT2D eigenvalue weighted by atomic mass is 9.94. The molecule has 1 aliphatic rings. The Labute approximate surface area is 105 Å². The highest BCUT2D eigenvalue weighted by Gasteiger charge is 2.25. The standard InChI is InChI=1S/C15H24N2/c1-4-6-13-10-17(11-13)15-8-5-7-14(9-15)12(2)16-3/h5,7-9,12-13,16H,4,6,10-11H2,1-3H3. The van der Waals surface area contributed by atoms with Crippen molar-refractivity contribution in [2.75, 3.05) is 25.0 Å². The number of hydrogen-bond acceptors (Lipinski definition) is 2. The highest BCUT2D eigenvalue weighted by atomic mass is 15.2. The Hall–Kier alpha value is -1.02. The average Bonchev–Trinajstić information content (AvgIpc) is 2.32. The minimum absolute atomic E-state index is 0.433. The summed E-state index contributed by atoms with van der Waals surface area (Å²) in [6.45, 7) is 6.96. The van der Waals surface area contributed by atoms with Crippen molar-refractivity contribution in [1.29, 1.82) is 0 Å². The van der Waals surface area contributed by atoms with E-state index >= 15 is 0 Å². The minimum Gasteiger partial charge on any atom is -0.371 e. The molecule has 1 atom stereocenters. The molecule has 0 bridgehead atoms. The maximum atomic E-state index is 3.29. The number of nitrogens with zero attached hydrogens (tertiary/aromatic N) is 1. The quantitative estimate of drug-likeness (QED) is 0.838. The summed E-state index contributed by atoms with van der Waals surface area (Å²) >= 11 is 0. The highest BCUT2D eigenvalue weighted by Crippen LogP contribution is 2.28. The van der Waals surface area contributed by atoms with Gasteiger partial charge >= 0.3 is 0 Å². The van der Waals surface area contributed by atoms with Gasteiger partial charge in [0.05, 0.1) is 0 Å². The monoisotopic (exact) mass is 232 g/mol. The maximum absolute atomic E-state index is 3.29. The number of hydrogen-bond donors (Lipinski definition) is 1. The fraction of sp³-hybridized carbons (Fsp3) is 0.600. The third kappa shape index (κ3) is 2.81. The van der Waals surface area contributed by atoms with E-state index in [4.69, 9.17) is 0 Å². The van der Waals surface area contributed by atoms with Crippen molar-refractivity contribution >= 4 is 5.69 Å². The smallest absolute Gasteiger partial charge is 0.0369 e. The van der Waals surface area contributed by atoms with Gasteiger partial charge in [0, 0.05) is 24.8 Å². The second-order valence-corrected chi connectivity index (χ2v) is 5.17. The third-order valence-electron chi connectivity index (χ3n) is 3.82. The van der Waals surface area contributed by atoms with Crippen molar-refractivity contribution in [3.8, 4) is 0 Å². The molecule has 1 saturated heterocycles. The average molecular weight is 232 g/mol. The first-order valence-corrected chi connectivity index (χ1v) is 6.76. The molecular formula is C15H24N2. The molecule has 1 unspecified atom stereocenters. The molecule has 0 amide bonds. The van der Waals surface area contributed by atoms with Gasteiger partial charge in [0.1, 0.15) is 0 Å². The molecule has 17 heavy (non-hydrogen) atoms. The van der Waals surface area contributed by atoms with Gasteiger partial charge in [0.2, 0.25) is 0 Å². The number of rotatable bonds is 5. The van der Waals surface area contributed by atoms with Crippen LogP contribution in [0.3, 0.4) is 0 Å². The van der Waals surface area contributed by atoms with E-state index in [1.165, 1.54) is 37.2 Å². The van der Waals surface area contributed by atoms with Crippen molar-refractivity contribution in [3.05, 3.63) is 29.8 Å². The molecule has 1 fully saturated rings. The molecule has 0 aromatic heterocycles. The van der Waals surface area contributed by atoms with Gasteiger partial charge in [-0.3, -0.25) is 0 Å². The summed E-state index contributed by atoms with van der Waals surface area (Å²) in [5.74, 6) is 0.922. The van der Waals surface area contributed by atoms with Crippen LogP contribution in [0.2, 0.25) is 0 Å². The number of benzene rings is 1. The zero-order valence-electron chi connectivity index (χ0n) is 11.2. The molecule has 1 aliphatic heterocycles. The predicted octanol–water partition coefficient (Wildman–Crippen LogP) is 3.20. The topological polar surface area (TPSA) is 15.3 Å². The highest BCUT2D eigenvalue weighted by molar-refractivity contribution is 5.51. The normalized spacial score (nSPS) is 17.9. The zero-order valence-corrected chi connectivity index (χ0v) is 11.2. The van der Waals surface area contributed by atoms with Gasteiger partial charge in [-0.15, -0.1) is 0 Å². The third-order valence-corrected chi connectivity index (χ3v) is 3.82. The Bertz CT molecular complexity index is 356. The van der Waals surface area contributed by atoms with E-state index in [-0.39, 0.29) is 0 Å². The summed E-state index contributed by atoms with van der Waals surface area (Å²) in [5, 5.41) is 3.29. The van der Waals surface area contributed by atoms with E-state index in [2.05, 4.69) is 48.3 Å². The van der Waals surface area contributed by atoms with Crippen LogP contribution in [0.4, 0.5) is 5.69 Å². The Balaban J connectivity index is 1.98. The van der Waals surface area contributed by atoms with Crippen molar-refractivity contribution in [3.63, 3.8) is 0 Å². The van der Waals surface area contributed by atoms with Crippen LogP contribution in [0.5, 0.6) is 0 Å². The van der Waals surface area contributed by atoms with Crippen LogP contribution in [0, 0.1) is 5.92 Å². The van der Waals surface area contributed by atoms with Crippen LogP contribution in [0.25, 0.3) is 0 Å². The van der Waals surface area contributed by atoms with Gasteiger partial charge in [0.25, 0.3) is 0 Å². The summed E-state index contributed by atoms with van der Waals surface area (Å²) < 4.78 is 0.